The molecule has 0 aliphatic carbocycles. The summed E-state index contributed by atoms with van der Waals surface area (Å²) in [7, 11) is 3.14. The molecule has 10 heteroatoms. The summed E-state index contributed by atoms with van der Waals surface area (Å²) in [6.07, 6.45) is 3.66. The molecule has 1 saturated heterocycles. The van der Waals surface area contributed by atoms with Crippen molar-refractivity contribution >= 4 is 28.8 Å². The minimum atomic E-state index is -0.592. The van der Waals surface area contributed by atoms with Crippen LogP contribution in [0.1, 0.15) is 37.8 Å². The molecule has 1 amide bonds. The maximum absolute atomic E-state index is 13.2. The molecule has 4 rings (SSSR count). The summed E-state index contributed by atoms with van der Waals surface area (Å²) < 4.78 is 22.0. The highest BCUT2D eigenvalue weighted by Gasteiger charge is 2.41. The highest BCUT2D eigenvalue weighted by molar-refractivity contribution is 8.16. The van der Waals surface area contributed by atoms with Gasteiger partial charge in [-0.3, -0.25) is 4.79 Å². The topological polar surface area (TPSA) is 98.7 Å². The first-order chi connectivity index (χ1) is 17.4. The maximum atomic E-state index is 13.2. The molecule has 0 unspecified atom stereocenters. The Morgan fingerprint density at radius 3 is 2.67 bits per heavy atom. The Morgan fingerprint density at radius 1 is 1.28 bits per heavy atom. The van der Waals surface area contributed by atoms with Crippen molar-refractivity contribution in [3.63, 3.8) is 0 Å². The van der Waals surface area contributed by atoms with E-state index in [2.05, 4.69) is 16.9 Å². The Morgan fingerprint density at radius 2 is 2.03 bits per heavy atom. The van der Waals surface area contributed by atoms with Gasteiger partial charge in [-0.05, 0) is 42.9 Å². The first-order valence-corrected chi connectivity index (χ1v) is 12.7. The molecule has 2 atom stereocenters. The van der Waals surface area contributed by atoms with Crippen LogP contribution in [0.5, 0.6) is 11.5 Å². The van der Waals surface area contributed by atoms with Gasteiger partial charge in [-0.25, -0.2) is 9.79 Å². The van der Waals surface area contributed by atoms with Crippen LogP contribution >= 0.6 is 11.8 Å². The SMILES string of the molecule is C=CCOC(=O)C1=C(C)N=C2SC=C(CC(=O)NC[C@@H]3CCCO3)N2[C@H]1c1cc(OC)cc(OC)c1. The number of aliphatic imine (C=N–C) groups is 1. The molecule has 36 heavy (non-hydrogen) atoms. The molecule has 9 nitrogen and oxygen atoms in total. The predicted octanol–water partition coefficient (Wildman–Crippen LogP) is 3.69. The number of ether oxygens (including phenoxy) is 4. The van der Waals surface area contributed by atoms with Gasteiger partial charge in [-0.2, -0.15) is 0 Å². The number of carbonyl (C=O) groups excluding carboxylic acids is 2. The molecule has 0 bridgehead atoms. The van der Waals surface area contributed by atoms with Gasteiger partial charge in [0.25, 0.3) is 0 Å². The second-order valence-electron chi connectivity index (χ2n) is 8.54. The van der Waals surface area contributed by atoms with E-state index in [1.807, 2.05) is 22.4 Å². The number of hydrogen-bond donors (Lipinski definition) is 1. The number of amides is 1. The first-order valence-electron chi connectivity index (χ1n) is 11.8. The zero-order valence-electron chi connectivity index (χ0n) is 20.7. The van der Waals surface area contributed by atoms with E-state index in [4.69, 9.17) is 18.9 Å². The molecule has 1 N–H and O–H groups in total. The average molecular weight is 514 g/mol. The summed E-state index contributed by atoms with van der Waals surface area (Å²) >= 11 is 1.42. The Kier molecular flexibility index (Phi) is 8.37. The predicted molar refractivity (Wildman–Crippen MR) is 138 cm³/mol. The second kappa shape index (κ2) is 11.7. The summed E-state index contributed by atoms with van der Waals surface area (Å²) in [4.78, 5) is 32.7. The van der Waals surface area contributed by atoms with Crippen molar-refractivity contribution in [1.82, 2.24) is 10.2 Å². The third-order valence-electron chi connectivity index (χ3n) is 6.13. The zero-order valence-corrected chi connectivity index (χ0v) is 21.6. The van der Waals surface area contributed by atoms with Crippen molar-refractivity contribution < 1.29 is 28.5 Å². The highest BCUT2D eigenvalue weighted by Crippen LogP contribution is 2.46. The lowest BCUT2D eigenvalue weighted by molar-refractivity contribution is -0.138. The number of benzene rings is 1. The lowest BCUT2D eigenvalue weighted by atomic mass is 9.93. The highest BCUT2D eigenvalue weighted by atomic mass is 32.2. The van der Waals surface area contributed by atoms with Crippen LogP contribution in [-0.4, -0.2) is 62.0 Å². The molecule has 3 aliphatic rings. The van der Waals surface area contributed by atoms with E-state index in [0.717, 1.165) is 30.7 Å². The molecule has 0 saturated carbocycles. The Labute approximate surface area is 215 Å². The summed E-state index contributed by atoms with van der Waals surface area (Å²) in [5, 5.41) is 5.56. The fourth-order valence-electron chi connectivity index (χ4n) is 4.41. The van der Waals surface area contributed by atoms with Crippen LogP contribution in [0, 0.1) is 0 Å². The fraction of sp³-hybridized carbons (Fsp3) is 0.423. The summed E-state index contributed by atoms with van der Waals surface area (Å²) in [5.41, 5.74) is 2.41. The lowest BCUT2D eigenvalue weighted by Crippen LogP contribution is -2.38. The van der Waals surface area contributed by atoms with Gasteiger partial charge in [-0.1, -0.05) is 24.4 Å². The monoisotopic (exact) mass is 513 g/mol. The number of thioether (sulfide) groups is 1. The zero-order chi connectivity index (χ0) is 25.7. The Bertz CT molecular complexity index is 1100. The van der Waals surface area contributed by atoms with Gasteiger partial charge in [0.1, 0.15) is 18.1 Å². The van der Waals surface area contributed by atoms with Gasteiger partial charge >= 0.3 is 5.97 Å². The van der Waals surface area contributed by atoms with Crippen LogP contribution in [0.2, 0.25) is 0 Å². The van der Waals surface area contributed by atoms with Gasteiger partial charge in [-0.15, -0.1) is 0 Å². The van der Waals surface area contributed by atoms with E-state index < -0.39 is 12.0 Å². The molecule has 3 aliphatic heterocycles. The molecule has 3 heterocycles. The van der Waals surface area contributed by atoms with Crippen molar-refractivity contribution in [1.29, 1.82) is 0 Å². The molecule has 0 radical (unpaired) electrons. The maximum Gasteiger partial charge on any atom is 0.338 e. The summed E-state index contributed by atoms with van der Waals surface area (Å²) in [5.74, 6) is 0.539. The number of rotatable bonds is 10. The smallest absolute Gasteiger partial charge is 0.338 e. The summed E-state index contributed by atoms with van der Waals surface area (Å²) in [6, 6.07) is 4.87. The van der Waals surface area contributed by atoms with Crippen LogP contribution in [0.4, 0.5) is 0 Å². The van der Waals surface area contributed by atoms with Crippen molar-refractivity contribution in [3.8, 4) is 11.5 Å². The third kappa shape index (κ3) is 5.60. The molecule has 1 aromatic rings. The molecular weight excluding hydrogens is 482 g/mol. The Hall–Kier alpha value is -3.24. The van der Waals surface area contributed by atoms with Crippen LogP contribution in [0.25, 0.3) is 0 Å². The standard InChI is InChI=1S/C26H31N3O6S/c1-5-8-35-25(31)23-16(2)28-26-29(24(23)17-10-20(32-3)13-21(11-17)33-4)18(15-36-26)12-22(30)27-14-19-7-6-9-34-19/h5,10-11,13,15,19,24H,1,6-9,12,14H2,2-4H3,(H,27,30)/t19-,24-/m0/s1. The first kappa shape index (κ1) is 25.8. The van der Waals surface area contributed by atoms with Gasteiger partial charge in [0, 0.05) is 24.9 Å². The van der Waals surface area contributed by atoms with E-state index in [1.165, 1.54) is 17.8 Å². The van der Waals surface area contributed by atoms with Crippen LogP contribution in [-0.2, 0) is 19.1 Å². The van der Waals surface area contributed by atoms with Crippen molar-refractivity contribution in [2.75, 3.05) is 34.0 Å². The van der Waals surface area contributed by atoms with E-state index in [0.29, 0.717) is 34.5 Å². The summed E-state index contributed by atoms with van der Waals surface area (Å²) in [6.45, 7) is 6.70. The minimum absolute atomic E-state index is 0.0572. The molecule has 0 aromatic heterocycles. The Balaban J connectivity index is 1.67. The average Bonchev–Trinajstić information content (AvgIpc) is 3.55. The second-order valence-corrected chi connectivity index (χ2v) is 9.38. The molecule has 1 fully saturated rings. The van der Waals surface area contributed by atoms with Gasteiger partial charge in [0.15, 0.2) is 5.17 Å². The number of amidine groups is 1. The quantitative estimate of drug-likeness (QED) is 0.374. The normalized spacial score (nSPS) is 20.9. The van der Waals surface area contributed by atoms with Crippen LogP contribution in [0.3, 0.4) is 0 Å². The number of nitrogens with zero attached hydrogens (tertiary/aromatic N) is 2. The van der Waals surface area contributed by atoms with Crippen molar-refractivity contribution in [2.24, 2.45) is 4.99 Å². The van der Waals surface area contributed by atoms with Gasteiger partial charge in [0.2, 0.25) is 5.91 Å². The molecule has 192 valence electrons. The number of methoxy groups -OCH3 is 2. The molecule has 0 spiro atoms. The largest absolute Gasteiger partial charge is 0.497 e. The number of nitrogens with one attached hydrogen (secondary N) is 1. The van der Waals surface area contributed by atoms with E-state index in [1.54, 1.807) is 27.2 Å². The van der Waals surface area contributed by atoms with Crippen molar-refractivity contribution in [2.45, 2.75) is 38.3 Å². The molecule has 1 aromatic carbocycles. The van der Waals surface area contributed by atoms with Crippen LogP contribution < -0.4 is 14.8 Å². The number of carbonyl (C=O) groups is 2. The van der Waals surface area contributed by atoms with E-state index >= 15 is 0 Å². The third-order valence-corrected chi connectivity index (χ3v) is 7.02. The number of allylic oxidation sites excluding steroid dienone is 1. The number of fused-ring (bicyclic) bond motifs is 1. The lowest BCUT2D eigenvalue weighted by Gasteiger charge is -2.36. The fourth-order valence-corrected chi connectivity index (χ4v) is 5.37. The van der Waals surface area contributed by atoms with E-state index in [9.17, 15) is 9.59 Å². The van der Waals surface area contributed by atoms with Gasteiger partial charge in [0.05, 0.1) is 44.1 Å². The minimum Gasteiger partial charge on any atom is -0.497 e. The van der Waals surface area contributed by atoms with Gasteiger partial charge < -0.3 is 29.2 Å². The number of esters is 1. The molecular formula is C26H31N3O6S. The van der Waals surface area contributed by atoms with E-state index in [-0.39, 0.29) is 25.0 Å². The number of hydrogen-bond acceptors (Lipinski definition) is 9. The van der Waals surface area contributed by atoms with Crippen molar-refractivity contribution in [3.05, 3.63) is 58.8 Å². The van der Waals surface area contributed by atoms with Crippen LogP contribution in [0.15, 0.2) is 58.2 Å².